The SMILES string of the molecule is CC(C)CS(=O)(=O)N1CC2(CCN(CC(=O)Nc3ccc(S(=O)(=O)N4CCCCC4)cc3)CC2)CCC1(C)C. The fourth-order valence-electron chi connectivity index (χ4n) is 6.24. The van der Waals surface area contributed by atoms with Gasteiger partial charge in [0.25, 0.3) is 0 Å². The number of rotatable bonds is 8. The molecule has 3 fully saturated rings. The second-order valence-corrected chi connectivity index (χ2v) is 16.7. The highest BCUT2D eigenvalue weighted by Gasteiger charge is 2.48. The largest absolute Gasteiger partial charge is 0.325 e. The quantitative estimate of drug-likeness (QED) is 0.501. The van der Waals surface area contributed by atoms with Crippen molar-refractivity contribution in [1.82, 2.24) is 13.5 Å². The van der Waals surface area contributed by atoms with Gasteiger partial charge in [-0.25, -0.2) is 16.8 Å². The second-order valence-electron chi connectivity index (χ2n) is 12.8. The summed E-state index contributed by atoms with van der Waals surface area (Å²) >= 11 is 0. The lowest BCUT2D eigenvalue weighted by molar-refractivity contribution is -0.118. The van der Waals surface area contributed by atoms with Gasteiger partial charge in [0.1, 0.15) is 0 Å². The fourth-order valence-corrected chi connectivity index (χ4v) is 10.1. The number of hydrogen-bond acceptors (Lipinski definition) is 6. The Morgan fingerprint density at radius 1 is 0.897 bits per heavy atom. The number of carbonyl (C=O) groups is 1. The number of amides is 1. The highest BCUT2D eigenvalue weighted by molar-refractivity contribution is 7.89. The van der Waals surface area contributed by atoms with E-state index in [0.29, 0.717) is 25.3 Å². The molecule has 39 heavy (non-hydrogen) atoms. The number of piperidine rings is 3. The average molecular weight is 583 g/mol. The molecule has 1 aromatic rings. The molecule has 0 aliphatic carbocycles. The van der Waals surface area contributed by atoms with Crippen molar-refractivity contribution >= 4 is 31.6 Å². The van der Waals surface area contributed by atoms with Gasteiger partial charge in [0, 0.05) is 30.9 Å². The molecule has 0 radical (unpaired) electrons. The van der Waals surface area contributed by atoms with E-state index < -0.39 is 20.0 Å². The standard InChI is InChI=1S/C28H46N4O5S2/c1-23(2)21-38(34,35)32-22-28(13-12-27(32,3)4)14-18-30(19-15-28)20-26(33)29-24-8-10-25(11-9-24)39(36,37)31-16-6-5-7-17-31/h8-11,23H,5-7,12-22H2,1-4H3,(H,29,33). The number of anilines is 1. The molecular weight excluding hydrogens is 536 g/mol. The van der Waals surface area contributed by atoms with Crippen LogP contribution >= 0.6 is 0 Å². The van der Waals surface area contributed by atoms with E-state index in [9.17, 15) is 21.6 Å². The average Bonchev–Trinajstić information content (AvgIpc) is 2.87. The molecule has 1 N–H and O–H groups in total. The summed E-state index contributed by atoms with van der Waals surface area (Å²) in [7, 11) is -6.84. The zero-order valence-electron chi connectivity index (χ0n) is 24.0. The third kappa shape index (κ3) is 7.22. The Morgan fingerprint density at radius 2 is 1.51 bits per heavy atom. The molecular formula is C28H46N4O5S2. The molecule has 220 valence electrons. The number of benzene rings is 1. The number of nitrogens with zero attached hydrogens (tertiary/aromatic N) is 3. The smallest absolute Gasteiger partial charge is 0.243 e. The molecule has 0 bridgehead atoms. The molecule has 0 saturated carbocycles. The van der Waals surface area contributed by atoms with Crippen LogP contribution in [0, 0.1) is 11.3 Å². The van der Waals surface area contributed by atoms with E-state index in [1.165, 1.54) is 0 Å². The number of carbonyl (C=O) groups excluding carboxylic acids is 1. The zero-order chi connectivity index (χ0) is 28.5. The Bertz CT molecular complexity index is 1210. The van der Waals surface area contributed by atoms with Crippen molar-refractivity contribution < 1.29 is 21.6 Å². The van der Waals surface area contributed by atoms with E-state index in [2.05, 4.69) is 10.2 Å². The van der Waals surface area contributed by atoms with E-state index in [0.717, 1.165) is 58.0 Å². The summed E-state index contributed by atoms with van der Waals surface area (Å²) in [6.45, 7) is 11.4. The van der Waals surface area contributed by atoms with Crippen LogP contribution in [0.4, 0.5) is 5.69 Å². The molecule has 0 unspecified atom stereocenters. The van der Waals surface area contributed by atoms with Crippen LogP contribution in [0.2, 0.25) is 0 Å². The number of nitrogens with one attached hydrogen (secondary N) is 1. The molecule has 3 aliphatic rings. The maximum atomic E-state index is 13.2. The summed E-state index contributed by atoms with van der Waals surface area (Å²) in [5.41, 5.74) is 0.160. The van der Waals surface area contributed by atoms with Gasteiger partial charge in [-0.15, -0.1) is 0 Å². The highest BCUT2D eigenvalue weighted by Crippen LogP contribution is 2.46. The van der Waals surface area contributed by atoms with Crippen molar-refractivity contribution in [2.75, 3.05) is 50.3 Å². The first kappa shape index (κ1) is 30.4. The van der Waals surface area contributed by atoms with Crippen molar-refractivity contribution in [3.05, 3.63) is 24.3 Å². The van der Waals surface area contributed by atoms with Crippen molar-refractivity contribution in [3.8, 4) is 0 Å². The van der Waals surface area contributed by atoms with Crippen LogP contribution in [0.25, 0.3) is 0 Å². The molecule has 3 heterocycles. The second kappa shape index (κ2) is 11.8. The summed E-state index contributed by atoms with van der Waals surface area (Å²) < 4.78 is 55.4. The Balaban J connectivity index is 1.30. The lowest BCUT2D eigenvalue weighted by Crippen LogP contribution is -2.59. The van der Waals surface area contributed by atoms with E-state index in [1.54, 1.807) is 32.9 Å². The fraction of sp³-hybridized carbons (Fsp3) is 0.750. The predicted octanol–water partition coefficient (Wildman–Crippen LogP) is 3.74. The minimum absolute atomic E-state index is 0.0395. The normalized spacial score (nSPS) is 23.2. The Kier molecular flexibility index (Phi) is 9.17. The van der Waals surface area contributed by atoms with Crippen LogP contribution in [-0.2, 0) is 24.8 Å². The molecule has 3 aliphatic heterocycles. The first-order valence-corrected chi connectivity index (χ1v) is 17.4. The molecule has 1 spiro atoms. The van der Waals surface area contributed by atoms with Gasteiger partial charge in [-0.05, 0) is 101 Å². The minimum atomic E-state index is -3.50. The van der Waals surface area contributed by atoms with Gasteiger partial charge in [-0.2, -0.15) is 8.61 Å². The number of likely N-dealkylation sites (tertiary alicyclic amines) is 1. The van der Waals surface area contributed by atoms with Gasteiger partial charge in [-0.3, -0.25) is 9.69 Å². The molecule has 3 saturated heterocycles. The summed E-state index contributed by atoms with van der Waals surface area (Å²) in [4.78, 5) is 15.2. The zero-order valence-corrected chi connectivity index (χ0v) is 25.6. The van der Waals surface area contributed by atoms with Crippen LogP contribution < -0.4 is 5.32 Å². The first-order chi connectivity index (χ1) is 18.2. The van der Waals surface area contributed by atoms with E-state index in [1.807, 2.05) is 27.7 Å². The summed E-state index contributed by atoms with van der Waals surface area (Å²) in [5, 5.41) is 2.90. The summed E-state index contributed by atoms with van der Waals surface area (Å²) in [6, 6.07) is 6.42. The third-order valence-corrected chi connectivity index (χ3v) is 13.0. The van der Waals surface area contributed by atoms with E-state index >= 15 is 0 Å². The van der Waals surface area contributed by atoms with Gasteiger partial charge >= 0.3 is 0 Å². The minimum Gasteiger partial charge on any atom is -0.325 e. The molecule has 0 aromatic heterocycles. The first-order valence-electron chi connectivity index (χ1n) is 14.4. The lowest BCUT2D eigenvalue weighted by atomic mass is 9.69. The van der Waals surface area contributed by atoms with Crippen molar-refractivity contribution in [2.24, 2.45) is 11.3 Å². The Morgan fingerprint density at radius 3 is 2.10 bits per heavy atom. The van der Waals surface area contributed by atoms with Crippen LogP contribution in [0.3, 0.4) is 0 Å². The van der Waals surface area contributed by atoms with Gasteiger partial charge in [-0.1, -0.05) is 20.3 Å². The van der Waals surface area contributed by atoms with E-state index in [-0.39, 0.29) is 40.0 Å². The Labute approximate surface area is 235 Å². The van der Waals surface area contributed by atoms with Gasteiger partial charge in [0.05, 0.1) is 17.2 Å². The van der Waals surface area contributed by atoms with Gasteiger partial charge in [0.2, 0.25) is 26.0 Å². The van der Waals surface area contributed by atoms with Gasteiger partial charge in [0.15, 0.2) is 0 Å². The number of hydrogen-bond donors (Lipinski definition) is 1. The van der Waals surface area contributed by atoms with Crippen molar-refractivity contribution in [1.29, 1.82) is 0 Å². The summed E-state index contributed by atoms with van der Waals surface area (Å²) in [5.74, 6) is 0.118. The lowest BCUT2D eigenvalue weighted by Gasteiger charge is -2.53. The van der Waals surface area contributed by atoms with Crippen LogP contribution in [0.5, 0.6) is 0 Å². The van der Waals surface area contributed by atoms with Crippen LogP contribution in [-0.4, -0.2) is 86.8 Å². The molecule has 0 atom stereocenters. The molecule has 1 aromatic carbocycles. The van der Waals surface area contributed by atoms with Gasteiger partial charge < -0.3 is 5.32 Å². The monoisotopic (exact) mass is 582 g/mol. The molecule has 1 amide bonds. The van der Waals surface area contributed by atoms with E-state index in [4.69, 9.17) is 0 Å². The van der Waals surface area contributed by atoms with Crippen molar-refractivity contribution in [3.63, 3.8) is 0 Å². The molecule has 11 heteroatoms. The Hall–Kier alpha value is -1.53. The van der Waals surface area contributed by atoms with Crippen molar-refractivity contribution in [2.45, 2.75) is 83.1 Å². The van der Waals surface area contributed by atoms with Crippen LogP contribution in [0.1, 0.15) is 72.6 Å². The predicted molar refractivity (Wildman–Crippen MR) is 154 cm³/mol. The topological polar surface area (TPSA) is 107 Å². The molecule has 4 rings (SSSR count). The highest BCUT2D eigenvalue weighted by atomic mass is 32.2. The number of sulfonamides is 2. The third-order valence-electron chi connectivity index (χ3n) is 8.68. The maximum Gasteiger partial charge on any atom is 0.243 e. The maximum absolute atomic E-state index is 13.2. The molecule has 9 nitrogen and oxygen atoms in total. The summed E-state index contributed by atoms with van der Waals surface area (Å²) in [6.07, 6.45) is 6.41. The van der Waals surface area contributed by atoms with Crippen LogP contribution in [0.15, 0.2) is 29.2 Å².